The van der Waals surface area contributed by atoms with E-state index in [1.807, 2.05) is 5.87 Å². The monoisotopic (exact) mass is 202 g/mol. The Balaban J connectivity index is 3.20. The number of carbonyl (C=O) groups is 1. The van der Waals surface area contributed by atoms with Gasteiger partial charge >= 0.3 is 11.7 Å². The highest BCUT2D eigenvalue weighted by molar-refractivity contribution is 5.88. The van der Waals surface area contributed by atoms with Crippen LogP contribution >= 0.6 is 0 Å². The van der Waals surface area contributed by atoms with Gasteiger partial charge in [0.1, 0.15) is 5.56 Å². The number of pyridine rings is 1. The first kappa shape index (κ1) is 10.6. The number of nitrogens with zero attached hydrogens (tertiary/aromatic N) is 2. The Kier molecular flexibility index (Phi) is 3.33. The van der Waals surface area contributed by atoms with Crippen LogP contribution in [0.2, 0.25) is 0 Å². The van der Waals surface area contributed by atoms with Crippen LogP contribution in [0.5, 0.6) is 0 Å². The predicted molar refractivity (Wildman–Crippen MR) is 51.0 cm³/mol. The highest BCUT2D eigenvalue weighted by Gasteiger charge is 2.14. The number of carbonyl (C=O) groups excluding carboxylic acids is 1. The van der Waals surface area contributed by atoms with Crippen molar-refractivity contribution in [3.8, 4) is 6.07 Å². The van der Waals surface area contributed by atoms with Gasteiger partial charge in [0, 0.05) is 6.07 Å². The fourth-order valence-electron chi connectivity index (χ4n) is 1.00. The number of ether oxygens (including phenoxy) is 1. The average molecular weight is 202 g/mol. The lowest BCUT2D eigenvalue weighted by molar-refractivity contribution is -0.576. The Bertz CT molecular complexity index is 482. The largest absolute Gasteiger partial charge is 0.465 e. The van der Waals surface area contributed by atoms with E-state index in [0.29, 0.717) is 5.56 Å². The van der Waals surface area contributed by atoms with E-state index in [2.05, 4.69) is 4.74 Å². The van der Waals surface area contributed by atoms with E-state index < -0.39 is 5.97 Å². The van der Waals surface area contributed by atoms with Crippen LogP contribution in [-0.2, 0) is 4.74 Å². The Morgan fingerprint density at radius 3 is 2.93 bits per heavy atom. The topological polar surface area (TPSA) is 77.8 Å². The van der Waals surface area contributed by atoms with E-state index >= 15 is 0 Å². The van der Waals surface area contributed by atoms with Crippen molar-refractivity contribution in [2.75, 3.05) is 7.11 Å². The molecule has 0 radical (unpaired) electrons. The molecule has 1 aromatic heterocycles. The highest BCUT2D eigenvalue weighted by atomic mass is 16.5. The molecule has 0 bridgehead atoms. The summed E-state index contributed by atoms with van der Waals surface area (Å²) < 4.78 is 5.86. The maximum Gasteiger partial charge on any atom is 0.351 e. The zero-order valence-electron chi connectivity index (χ0n) is 8.02. The number of allylic oxidation sites excluding steroid dienone is 1. The van der Waals surface area contributed by atoms with Gasteiger partial charge in [-0.2, -0.15) is 5.26 Å². The summed E-state index contributed by atoms with van der Waals surface area (Å²) in [6, 6.07) is 4.92. The Morgan fingerprint density at radius 1 is 1.67 bits per heavy atom. The number of aromatic nitrogens is 1. The molecule has 74 valence electrons. The molecule has 0 aliphatic carbocycles. The molecule has 0 aliphatic rings. The van der Waals surface area contributed by atoms with Crippen molar-refractivity contribution in [2.24, 2.45) is 0 Å². The number of methoxy groups -OCH3 is 1. The maximum atomic E-state index is 11.2. The first-order valence-electron chi connectivity index (χ1n) is 4.02. The van der Waals surface area contributed by atoms with Gasteiger partial charge in [-0.15, -0.1) is 4.57 Å². The van der Waals surface area contributed by atoms with E-state index in [0.717, 1.165) is 0 Å². The first-order valence-corrected chi connectivity index (χ1v) is 4.02. The normalized spacial score (nSPS) is 8.53. The third-order valence-corrected chi connectivity index (χ3v) is 1.70. The van der Waals surface area contributed by atoms with Crippen molar-refractivity contribution in [3.05, 3.63) is 30.1 Å². The quantitative estimate of drug-likeness (QED) is 0.326. The van der Waals surface area contributed by atoms with E-state index in [1.165, 1.54) is 17.9 Å². The molecule has 1 N–H and O–H groups in total. The third kappa shape index (κ3) is 2.27. The molecule has 0 saturated carbocycles. The molecule has 15 heavy (non-hydrogen) atoms. The maximum absolute atomic E-state index is 11.2. The minimum Gasteiger partial charge on any atom is -0.465 e. The second-order valence-electron chi connectivity index (χ2n) is 2.58. The van der Waals surface area contributed by atoms with Crippen LogP contribution in [0, 0.1) is 16.7 Å². The summed E-state index contributed by atoms with van der Waals surface area (Å²) in [5.74, 6) is 1.47. The fourth-order valence-corrected chi connectivity index (χ4v) is 1.00. The van der Waals surface area contributed by atoms with Crippen LogP contribution in [0.15, 0.2) is 24.5 Å². The molecule has 5 heteroatoms. The molecule has 0 aliphatic heterocycles. The zero-order valence-corrected chi connectivity index (χ0v) is 8.02. The predicted octanol–water partition coefficient (Wildman–Crippen LogP) is 0.374. The van der Waals surface area contributed by atoms with Crippen molar-refractivity contribution < 1.29 is 14.1 Å². The SMILES string of the molecule is COC(=O)c1ccc[n+](C(=C=N)C#N)c1. The molecule has 0 aromatic carbocycles. The van der Waals surface area contributed by atoms with E-state index in [9.17, 15) is 4.79 Å². The lowest BCUT2D eigenvalue weighted by Gasteiger charge is -1.96. The van der Waals surface area contributed by atoms with Gasteiger partial charge in [0.15, 0.2) is 18.5 Å². The highest BCUT2D eigenvalue weighted by Crippen LogP contribution is 1.98. The Hall–Kier alpha value is -2.44. The van der Waals surface area contributed by atoms with Crippen LogP contribution in [0.25, 0.3) is 5.70 Å². The van der Waals surface area contributed by atoms with Gasteiger partial charge < -0.3 is 4.74 Å². The second-order valence-corrected chi connectivity index (χ2v) is 2.58. The van der Waals surface area contributed by atoms with Gasteiger partial charge in [0.2, 0.25) is 0 Å². The van der Waals surface area contributed by atoms with Crippen molar-refractivity contribution >= 4 is 17.5 Å². The molecule has 5 nitrogen and oxygen atoms in total. The van der Waals surface area contributed by atoms with Gasteiger partial charge in [-0.3, -0.25) is 5.41 Å². The smallest absolute Gasteiger partial charge is 0.351 e. The summed E-state index contributed by atoms with van der Waals surface area (Å²) in [7, 11) is 1.28. The summed E-state index contributed by atoms with van der Waals surface area (Å²) in [4.78, 5) is 11.2. The molecule has 0 saturated heterocycles. The molecule has 1 heterocycles. The molecule has 1 rings (SSSR count). The van der Waals surface area contributed by atoms with Crippen molar-refractivity contribution in [2.45, 2.75) is 0 Å². The van der Waals surface area contributed by atoms with Crippen molar-refractivity contribution in [1.82, 2.24) is 0 Å². The minimum atomic E-state index is -0.494. The number of rotatable bonds is 2. The third-order valence-electron chi connectivity index (χ3n) is 1.70. The Labute approximate surface area is 86.3 Å². The number of nitrogens with one attached hydrogen (secondary N) is 1. The number of esters is 1. The van der Waals surface area contributed by atoms with E-state index in [-0.39, 0.29) is 5.70 Å². The van der Waals surface area contributed by atoms with E-state index in [1.54, 1.807) is 24.4 Å². The summed E-state index contributed by atoms with van der Waals surface area (Å²) in [5, 5.41) is 15.5. The van der Waals surface area contributed by atoms with Crippen LogP contribution in [0.4, 0.5) is 0 Å². The number of hydrogen-bond donors (Lipinski definition) is 1. The standard InChI is InChI=1S/C10H8N3O2/c1-15-10(14)8-3-2-4-13(7-8)9(5-11)6-12/h2-4,7,11H,1H3/q+1. The molecule has 0 spiro atoms. The molecule has 1 aromatic rings. The van der Waals surface area contributed by atoms with Crippen molar-refractivity contribution in [3.63, 3.8) is 0 Å². The van der Waals surface area contributed by atoms with Gasteiger partial charge in [0.05, 0.1) is 13.0 Å². The van der Waals surface area contributed by atoms with Gasteiger partial charge in [-0.1, -0.05) is 0 Å². The van der Waals surface area contributed by atoms with Crippen LogP contribution < -0.4 is 4.57 Å². The lowest BCUT2D eigenvalue weighted by Crippen LogP contribution is -2.32. The zero-order chi connectivity index (χ0) is 11.3. The summed E-state index contributed by atoms with van der Waals surface area (Å²) in [5.41, 5.74) is 0.309. The molecular formula is C10H8N3O2+. The summed E-state index contributed by atoms with van der Waals surface area (Å²) in [6.45, 7) is 0. The number of hydrogen-bond acceptors (Lipinski definition) is 4. The Morgan fingerprint density at radius 2 is 2.40 bits per heavy atom. The second kappa shape index (κ2) is 4.70. The van der Waals surface area contributed by atoms with Crippen LogP contribution in [0.1, 0.15) is 10.4 Å². The van der Waals surface area contributed by atoms with Gasteiger partial charge in [0.25, 0.3) is 0 Å². The molecule has 0 atom stereocenters. The molecule has 0 fully saturated rings. The lowest BCUT2D eigenvalue weighted by atomic mass is 10.3. The molecule has 0 unspecified atom stereocenters. The minimum absolute atomic E-state index is 0.000697. The van der Waals surface area contributed by atoms with Crippen LogP contribution in [-0.4, -0.2) is 18.9 Å². The first-order chi connectivity index (χ1) is 7.22. The summed E-state index contributed by atoms with van der Waals surface area (Å²) >= 11 is 0. The van der Waals surface area contributed by atoms with E-state index in [4.69, 9.17) is 10.7 Å². The molecular weight excluding hydrogens is 194 g/mol. The number of nitriles is 1. The van der Waals surface area contributed by atoms with Crippen LogP contribution in [0.3, 0.4) is 0 Å². The van der Waals surface area contributed by atoms with Crippen molar-refractivity contribution in [1.29, 1.82) is 10.7 Å². The van der Waals surface area contributed by atoms with Gasteiger partial charge in [-0.05, 0) is 6.07 Å². The molecule has 0 amide bonds. The summed E-state index contributed by atoms with van der Waals surface area (Å²) in [6.07, 6.45) is 2.96. The van der Waals surface area contributed by atoms with Gasteiger partial charge in [-0.25, -0.2) is 4.79 Å². The fraction of sp³-hybridized carbons (Fsp3) is 0.100. The average Bonchev–Trinajstić information content (AvgIpc) is 2.30.